The lowest BCUT2D eigenvalue weighted by Gasteiger charge is -2.22. The number of nitrogens with one attached hydrogen (secondary N) is 1. The third kappa shape index (κ3) is 5.36. The Morgan fingerprint density at radius 1 is 1.17 bits per heavy atom. The molecule has 23 heavy (non-hydrogen) atoms. The van der Waals surface area contributed by atoms with E-state index in [4.69, 9.17) is 0 Å². The van der Waals surface area contributed by atoms with Crippen LogP contribution in [-0.4, -0.2) is 39.9 Å². The van der Waals surface area contributed by atoms with Crippen LogP contribution in [0.5, 0.6) is 0 Å². The second-order valence-electron chi connectivity index (χ2n) is 6.64. The first-order chi connectivity index (χ1) is 10.8. The number of likely N-dealkylation sites (N-methyl/N-ethyl adjacent to an activating group) is 1. The summed E-state index contributed by atoms with van der Waals surface area (Å²) in [5, 5.41) is 3.36. The standard InChI is InChI=1S/C18H24N4O/c1-18(2,3)21-15-7-11-20-16(13-15)17(23)22(4)12-8-14-5-9-19-10-6-14/h5-7,9-11,13H,8,12H2,1-4H3,(H,20,21). The summed E-state index contributed by atoms with van der Waals surface area (Å²) in [6.07, 6.45) is 5.99. The minimum Gasteiger partial charge on any atom is -0.380 e. The van der Waals surface area contributed by atoms with Crippen LogP contribution >= 0.6 is 0 Å². The first-order valence-electron chi connectivity index (χ1n) is 7.74. The van der Waals surface area contributed by atoms with Gasteiger partial charge in [0.25, 0.3) is 5.91 Å². The molecule has 2 heterocycles. The highest BCUT2D eigenvalue weighted by atomic mass is 16.2. The van der Waals surface area contributed by atoms with Crippen molar-refractivity contribution in [2.75, 3.05) is 18.9 Å². The molecule has 1 amide bonds. The SMILES string of the molecule is CN(CCc1ccncc1)C(=O)c1cc(NC(C)(C)C)ccn1. The molecule has 2 aromatic rings. The molecule has 0 fully saturated rings. The minimum atomic E-state index is -0.0726. The van der Waals surface area contributed by atoms with Crippen LogP contribution < -0.4 is 5.32 Å². The second kappa shape index (κ2) is 7.22. The van der Waals surface area contributed by atoms with Gasteiger partial charge in [-0.2, -0.15) is 0 Å². The molecular weight excluding hydrogens is 288 g/mol. The highest BCUT2D eigenvalue weighted by Crippen LogP contribution is 2.15. The molecule has 0 saturated heterocycles. The van der Waals surface area contributed by atoms with Gasteiger partial charge in [0.05, 0.1) is 0 Å². The minimum absolute atomic E-state index is 0.0606. The lowest BCUT2D eigenvalue weighted by Crippen LogP contribution is -2.30. The summed E-state index contributed by atoms with van der Waals surface area (Å²) in [4.78, 5) is 22.4. The summed E-state index contributed by atoms with van der Waals surface area (Å²) in [5.41, 5.74) is 2.46. The predicted octanol–water partition coefficient (Wildman–Crippen LogP) is 3.00. The van der Waals surface area contributed by atoms with Crippen molar-refractivity contribution < 1.29 is 4.79 Å². The normalized spacial score (nSPS) is 11.1. The van der Waals surface area contributed by atoms with Gasteiger partial charge in [-0.15, -0.1) is 0 Å². The van der Waals surface area contributed by atoms with Crippen LogP contribution in [0.25, 0.3) is 0 Å². The molecule has 0 aliphatic carbocycles. The van der Waals surface area contributed by atoms with Gasteiger partial charge in [0, 0.05) is 43.4 Å². The van der Waals surface area contributed by atoms with Crippen molar-refractivity contribution in [3.8, 4) is 0 Å². The van der Waals surface area contributed by atoms with E-state index in [0.29, 0.717) is 12.2 Å². The Kier molecular flexibility index (Phi) is 5.32. The lowest BCUT2D eigenvalue weighted by molar-refractivity contribution is 0.0791. The Hall–Kier alpha value is -2.43. The van der Waals surface area contributed by atoms with Crippen molar-refractivity contribution in [2.45, 2.75) is 32.7 Å². The third-order valence-electron chi connectivity index (χ3n) is 3.33. The zero-order chi connectivity index (χ0) is 16.9. The van der Waals surface area contributed by atoms with E-state index in [-0.39, 0.29) is 11.4 Å². The molecule has 0 atom stereocenters. The molecule has 0 aromatic carbocycles. The van der Waals surface area contributed by atoms with Crippen LogP contribution in [0.15, 0.2) is 42.9 Å². The first-order valence-corrected chi connectivity index (χ1v) is 7.74. The molecule has 0 aliphatic heterocycles. The fraction of sp³-hybridized carbons (Fsp3) is 0.389. The highest BCUT2D eigenvalue weighted by Gasteiger charge is 2.15. The monoisotopic (exact) mass is 312 g/mol. The van der Waals surface area contributed by atoms with Gasteiger partial charge >= 0.3 is 0 Å². The molecule has 0 aliphatic rings. The van der Waals surface area contributed by atoms with Gasteiger partial charge in [0.2, 0.25) is 0 Å². The number of rotatable bonds is 5. The van der Waals surface area contributed by atoms with Crippen LogP contribution in [0.3, 0.4) is 0 Å². The van der Waals surface area contributed by atoms with Crippen molar-refractivity contribution in [3.63, 3.8) is 0 Å². The largest absolute Gasteiger partial charge is 0.380 e. The summed E-state index contributed by atoms with van der Waals surface area (Å²) in [5.74, 6) is -0.0726. The maximum absolute atomic E-state index is 12.5. The van der Waals surface area contributed by atoms with E-state index in [9.17, 15) is 4.79 Å². The molecule has 0 unspecified atom stereocenters. The van der Waals surface area contributed by atoms with Gasteiger partial charge < -0.3 is 10.2 Å². The van der Waals surface area contributed by atoms with Crippen LogP contribution in [0.2, 0.25) is 0 Å². The van der Waals surface area contributed by atoms with Crippen molar-refractivity contribution >= 4 is 11.6 Å². The van der Waals surface area contributed by atoms with E-state index in [2.05, 4.69) is 36.1 Å². The lowest BCUT2D eigenvalue weighted by atomic mass is 10.1. The molecule has 0 bridgehead atoms. The molecule has 0 radical (unpaired) electrons. The van der Waals surface area contributed by atoms with Gasteiger partial charge in [-0.25, -0.2) is 0 Å². The topological polar surface area (TPSA) is 58.1 Å². The Morgan fingerprint density at radius 2 is 1.87 bits per heavy atom. The fourth-order valence-corrected chi connectivity index (χ4v) is 2.20. The molecule has 2 aromatic heterocycles. The van der Waals surface area contributed by atoms with E-state index >= 15 is 0 Å². The molecule has 0 saturated carbocycles. The van der Waals surface area contributed by atoms with E-state index in [1.165, 1.54) is 0 Å². The van der Waals surface area contributed by atoms with Gasteiger partial charge in [-0.3, -0.25) is 14.8 Å². The van der Waals surface area contributed by atoms with Crippen molar-refractivity contribution in [2.24, 2.45) is 0 Å². The molecular formula is C18H24N4O. The summed E-state index contributed by atoms with van der Waals surface area (Å²) < 4.78 is 0. The molecule has 1 N–H and O–H groups in total. The number of carbonyl (C=O) groups is 1. The number of amides is 1. The average Bonchev–Trinajstić information content (AvgIpc) is 2.51. The number of pyridine rings is 2. The summed E-state index contributed by atoms with van der Waals surface area (Å²) in [6, 6.07) is 7.60. The van der Waals surface area contributed by atoms with E-state index in [1.807, 2.05) is 18.2 Å². The number of hydrogen-bond donors (Lipinski definition) is 1. The molecule has 0 spiro atoms. The van der Waals surface area contributed by atoms with E-state index < -0.39 is 0 Å². The zero-order valence-corrected chi connectivity index (χ0v) is 14.2. The number of hydrogen-bond acceptors (Lipinski definition) is 4. The maximum Gasteiger partial charge on any atom is 0.272 e. The molecule has 2 rings (SSSR count). The molecule has 5 nitrogen and oxygen atoms in total. The number of aromatic nitrogens is 2. The predicted molar refractivity (Wildman–Crippen MR) is 92.5 cm³/mol. The van der Waals surface area contributed by atoms with Crippen LogP contribution in [0.1, 0.15) is 36.8 Å². The van der Waals surface area contributed by atoms with Crippen LogP contribution in [0, 0.1) is 0 Å². The van der Waals surface area contributed by atoms with Gasteiger partial charge in [-0.05, 0) is 57.0 Å². The maximum atomic E-state index is 12.5. The quantitative estimate of drug-likeness (QED) is 0.922. The van der Waals surface area contributed by atoms with Crippen LogP contribution in [-0.2, 0) is 6.42 Å². The Labute approximate surface area is 137 Å². The highest BCUT2D eigenvalue weighted by molar-refractivity contribution is 5.93. The smallest absolute Gasteiger partial charge is 0.272 e. The molecule has 122 valence electrons. The van der Waals surface area contributed by atoms with E-state index in [0.717, 1.165) is 17.7 Å². The Morgan fingerprint density at radius 3 is 2.52 bits per heavy atom. The number of carbonyl (C=O) groups excluding carboxylic acids is 1. The van der Waals surface area contributed by atoms with Crippen molar-refractivity contribution in [1.82, 2.24) is 14.9 Å². The van der Waals surface area contributed by atoms with Gasteiger partial charge in [0.1, 0.15) is 5.69 Å². The number of nitrogens with zero attached hydrogens (tertiary/aromatic N) is 3. The average molecular weight is 312 g/mol. The zero-order valence-electron chi connectivity index (χ0n) is 14.2. The summed E-state index contributed by atoms with van der Waals surface area (Å²) in [6.45, 7) is 6.88. The Balaban J connectivity index is 2.00. The second-order valence-corrected chi connectivity index (χ2v) is 6.64. The van der Waals surface area contributed by atoms with Crippen molar-refractivity contribution in [1.29, 1.82) is 0 Å². The summed E-state index contributed by atoms with van der Waals surface area (Å²) >= 11 is 0. The summed E-state index contributed by atoms with van der Waals surface area (Å²) in [7, 11) is 1.80. The first kappa shape index (κ1) is 16.9. The fourth-order valence-electron chi connectivity index (χ4n) is 2.20. The van der Waals surface area contributed by atoms with Gasteiger partial charge in [-0.1, -0.05) is 0 Å². The Bertz CT molecular complexity index is 650. The third-order valence-corrected chi connectivity index (χ3v) is 3.33. The van der Waals surface area contributed by atoms with E-state index in [1.54, 1.807) is 36.6 Å². The van der Waals surface area contributed by atoms with Crippen molar-refractivity contribution in [3.05, 3.63) is 54.1 Å². The molecule has 5 heteroatoms. The van der Waals surface area contributed by atoms with Gasteiger partial charge in [0.15, 0.2) is 0 Å². The van der Waals surface area contributed by atoms with Crippen LogP contribution in [0.4, 0.5) is 5.69 Å². The number of anilines is 1.